The number of rotatable bonds is 6. The number of benzene rings is 2. The number of nitrogens with zero attached hydrogens (tertiary/aromatic N) is 1. The molecule has 150 valence electrons. The second-order valence-corrected chi connectivity index (χ2v) is 10.1. The van der Waals surface area contributed by atoms with Crippen LogP contribution in [0.2, 0.25) is 5.02 Å². The van der Waals surface area contributed by atoms with Crippen LogP contribution in [-0.4, -0.2) is 27.6 Å². The maximum atomic E-state index is 12.8. The highest BCUT2D eigenvalue weighted by Crippen LogP contribution is 2.54. The van der Waals surface area contributed by atoms with Gasteiger partial charge in [-0.15, -0.1) is 11.3 Å². The fourth-order valence-corrected chi connectivity index (χ4v) is 5.38. The summed E-state index contributed by atoms with van der Waals surface area (Å²) < 4.78 is 13.4. The summed E-state index contributed by atoms with van der Waals surface area (Å²) in [5.41, 5.74) is -0.242. The molecule has 0 aliphatic carbocycles. The number of thiophene rings is 1. The van der Waals surface area contributed by atoms with E-state index in [2.05, 4.69) is 5.32 Å². The van der Waals surface area contributed by atoms with Crippen molar-refractivity contribution < 1.29 is 24.4 Å². The molecule has 0 aliphatic heterocycles. The van der Waals surface area contributed by atoms with E-state index >= 15 is 0 Å². The number of hydrogen-bond acceptors (Lipinski definition) is 4. The van der Waals surface area contributed by atoms with E-state index in [0.29, 0.717) is 21.5 Å². The van der Waals surface area contributed by atoms with Crippen LogP contribution in [0, 0.1) is 4.91 Å². The first-order valence-electron chi connectivity index (χ1n) is 8.36. The summed E-state index contributed by atoms with van der Waals surface area (Å²) in [5.74, 6) is -0.641. The van der Waals surface area contributed by atoms with Crippen molar-refractivity contribution in [2.45, 2.75) is 5.66 Å². The molecule has 2 atom stereocenters. The molecule has 0 fully saturated rings. The van der Waals surface area contributed by atoms with Gasteiger partial charge in [0.2, 0.25) is 13.3 Å². The predicted molar refractivity (Wildman–Crippen MR) is 114 cm³/mol. The summed E-state index contributed by atoms with van der Waals surface area (Å²) in [4.78, 5) is 33.7. The minimum atomic E-state index is -3.84. The van der Waals surface area contributed by atoms with Crippen molar-refractivity contribution in [1.29, 1.82) is 0 Å². The SMILES string of the molecule is CP(=O)(O)C(C(=O)N/C=C/c1cccc([N+](=O)O)c1)c1csc2ccc(Cl)cc12. The van der Waals surface area contributed by atoms with E-state index in [0.717, 1.165) is 11.4 Å². The van der Waals surface area contributed by atoms with Gasteiger partial charge in [0.05, 0.1) is 4.91 Å². The van der Waals surface area contributed by atoms with Gasteiger partial charge in [0.25, 0.3) is 4.92 Å². The fourth-order valence-electron chi connectivity index (χ4n) is 2.90. The van der Waals surface area contributed by atoms with Crippen molar-refractivity contribution in [3.05, 3.63) is 75.1 Å². The lowest BCUT2D eigenvalue weighted by Gasteiger charge is -2.18. The van der Waals surface area contributed by atoms with Crippen LogP contribution in [0.1, 0.15) is 16.8 Å². The van der Waals surface area contributed by atoms with Crippen molar-refractivity contribution in [2.24, 2.45) is 0 Å². The number of fused-ring (bicyclic) bond motifs is 1. The maximum absolute atomic E-state index is 12.8. The molecule has 0 aliphatic rings. The van der Waals surface area contributed by atoms with E-state index in [4.69, 9.17) is 16.8 Å². The molecule has 1 heterocycles. The largest absolute Gasteiger partial charge is 0.344 e. The molecule has 0 saturated heterocycles. The molecule has 29 heavy (non-hydrogen) atoms. The fraction of sp³-hybridized carbons (Fsp3) is 0.105. The molecule has 3 N–H and O–H groups in total. The Balaban J connectivity index is 1.87. The van der Waals surface area contributed by atoms with Gasteiger partial charge in [-0.2, -0.15) is 0 Å². The van der Waals surface area contributed by atoms with Crippen molar-refractivity contribution in [3.63, 3.8) is 0 Å². The number of halogens is 1. The number of hydrogen-bond donors (Lipinski definition) is 3. The van der Waals surface area contributed by atoms with Crippen molar-refractivity contribution in [3.8, 4) is 0 Å². The third-order valence-corrected chi connectivity index (χ3v) is 6.87. The van der Waals surface area contributed by atoms with Gasteiger partial charge in [0.1, 0.15) is 5.66 Å². The molecule has 0 spiro atoms. The number of nitrogens with one attached hydrogen (secondary N) is 1. The predicted octanol–water partition coefficient (Wildman–Crippen LogP) is 5.08. The Hall–Kier alpha value is -2.51. The standard InChI is InChI=1S/C19H16ClN2O5PS/c1-28(26,27)18(16-11-29-17-6-5-13(20)10-15(16)17)19(23)21-8-7-12-3-2-4-14(9-12)22(24)25/h2-11,18H,1H3,(H2-,21,23,24,25,26,27)/p+1/b8-7+. The molecule has 0 radical (unpaired) electrons. The Morgan fingerprint density at radius 2 is 2.07 bits per heavy atom. The van der Waals surface area contributed by atoms with E-state index < -0.39 is 18.9 Å². The van der Waals surface area contributed by atoms with Gasteiger partial charge in [0.15, 0.2) is 0 Å². The summed E-state index contributed by atoms with van der Waals surface area (Å²) in [7, 11) is -3.84. The highest BCUT2D eigenvalue weighted by molar-refractivity contribution is 7.58. The third-order valence-electron chi connectivity index (χ3n) is 4.18. The van der Waals surface area contributed by atoms with Crippen LogP contribution in [0.5, 0.6) is 0 Å². The molecular weight excluding hydrogens is 435 g/mol. The van der Waals surface area contributed by atoms with Crippen molar-refractivity contribution in [1.82, 2.24) is 5.32 Å². The van der Waals surface area contributed by atoms with Crippen LogP contribution >= 0.6 is 30.3 Å². The highest BCUT2D eigenvalue weighted by Gasteiger charge is 2.36. The van der Waals surface area contributed by atoms with Gasteiger partial charge >= 0.3 is 5.69 Å². The lowest BCUT2D eigenvalue weighted by Crippen LogP contribution is -2.25. The van der Waals surface area contributed by atoms with Crippen LogP contribution in [0.3, 0.4) is 0 Å². The van der Waals surface area contributed by atoms with Crippen LogP contribution in [0.25, 0.3) is 16.2 Å². The zero-order valence-electron chi connectivity index (χ0n) is 15.2. The number of carbonyl (C=O) groups excluding carboxylic acids is 1. The Bertz CT molecular complexity index is 1170. The van der Waals surface area contributed by atoms with Crippen molar-refractivity contribution >= 4 is 58.1 Å². The minimum absolute atomic E-state index is 0.0337. The average Bonchev–Trinajstić information content (AvgIpc) is 3.03. The lowest BCUT2D eigenvalue weighted by atomic mass is 10.1. The quantitative estimate of drug-likeness (QED) is 0.358. The topological polar surface area (TPSA) is 107 Å². The molecule has 10 heteroatoms. The molecular formula is C19H17ClN2O5PS+. The summed E-state index contributed by atoms with van der Waals surface area (Å²) >= 11 is 7.41. The molecule has 2 aromatic carbocycles. The van der Waals surface area contributed by atoms with Crippen LogP contribution in [0.4, 0.5) is 5.69 Å². The summed E-state index contributed by atoms with van der Waals surface area (Å²) in [5, 5.41) is 14.3. The highest BCUT2D eigenvalue weighted by atomic mass is 35.5. The Kier molecular flexibility index (Phi) is 6.19. The van der Waals surface area contributed by atoms with Gasteiger partial charge in [-0.25, -0.2) is 5.21 Å². The van der Waals surface area contributed by atoms with Crippen LogP contribution in [0.15, 0.2) is 54.0 Å². The zero-order chi connectivity index (χ0) is 21.2. The van der Waals surface area contributed by atoms with E-state index in [9.17, 15) is 19.2 Å². The summed E-state index contributed by atoms with van der Waals surface area (Å²) in [6.07, 6.45) is 2.82. The smallest absolute Gasteiger partial charge is 0.317 e. The molecule has 1 amide bonds. The third kappa shape index (κ3) is 4.92. The lowest BCUT2D eigenvalue weighted by molar-refractivity contribution is -0.729. The monoisotopic (exact) mass is 451 g/mol. The first-order chi connectivity index (χ1) is 13.7. The van der Waals surface area contributed by atoms with E-state index in [1.807, 2.05) is 0 Å². The number of amides is 1. The molecule has 3 aromatic rings. The molecule has 1 aromatic heterocycles. The molecule has 3 rings (SSSR count). The minimum Gasteiger partial charge on any atom is -0.344 e. The van der Waals surface area contributed by atoms with Gasteiger partial charge in [-0.1, -0.05) is 23.7 Å². The maximum Gasteiger partial charge on any atom is 0.317 e. The Morgan fingerprint density at radius 1 is 1.31 bits per heavy atom. The van der Waals surface area contributed by atoms with Gasteiger partial charge in [-0.3, -0.25) is 9.36 Å². The van der Waals surface area contributed by atoms with E-state index in [1.54, 1.807) is 35.7 Å². The Labute approximate surface area is 175 Å². The second kappa shape index (κ2) is 8.47. The average molecular weight is 452 g/mol. The molecule has 7 nitrogen and oxygen atoms in total. The summed E-state index contributed by atoms with van der Waals surface area (Å²) in [6.45, 7) is 1.14. The van der Waals surface area contributed by atoms with Crippen LogP contribution in [-0.2, 0) is 9.36 Å². The van der Waals surface area contributed by atoms with Gasteiger partial charge in [0, 0.05) is 34.7 Å². The molecule has 0 bridgehead atoms. The number of carbonyl (C=O) groups is 1. The van der Waals surface area contributed by atoms with E-state index in [1.165, 1.54) is 35.7 Å². The van der Waals surface area contributed by atoms with E-state index in [-0.39, 0.29) is 10.6 Å². The van der Waals surface area contributed by atoms with Gasteiger partial charge < -0.3 is 10.2 Å². The first kappa shape index (κ1) is 21.2. The normalized spacial score (nSPS) is 14.6. The van der Waals surface area contributed by atoms with Crippen LogP contribution < -0.4 is 5.32 Å². The molecule has 0 saturated carbocycles. The molecule has 2 unspecified atom stereocenters. The zero-order valence-corrected chi connectivity index (χ0v) is 17.6. The summed E-state index contributed by atoms with van der Waals surface area (Å²) in [6, 6.07) is 11.3. The first-order valence-corrected chi connectivity index (χ1v) is 11.8. The van der Waals surface area contributed by atoms with Gasteiger partial charge in [-0.05, 0) is 46.2 Å². The van der Waals surface area contributed by atoms with Crippen molar-refractivity contribution in [2.75, 3.05) is 6.66 Å². The second-order valence-electron chi connectivity index (χ2n) is 6.39. The Morgan fingerprint density at radius 3 is 2.76 bits per heavy atom.